The van der Waals surface area contributed by atoms with Crippen LogP contribution in [-0.2, 0) is 19.1 Å². The lowest BCUT2D eigenvalue weighted by Crippen LogP contribution is -2.37. The van der Waals surface area contributed by atoms with Gasteiger partial charge >= 0.3 is 11.9 Å². The van der Waals surface area contributed by atoms with Gasteiger partial charge in [-0.3, -0.25) is 19.2 Å². The molecule has 0 aromatic heterocycles. The average molecular weight is 818 g/mol. The Morgan fingerprint density at radius 3 is 1.43 bits per heavy atom. The molecule has 0 saturated heterocycles. The van der Waals surface area contributed by atoms with E-state index >= 15 is 0 Å². The third kappa shape index (κ3) is 28.1. The van der Waals surface area contributed by atoms with Gasteiger partial charge in [0.2, 0.25) is 0 Å². The van der Waals surface area contributed by atoms with Gasteiger partial charge in [0.1, 0.15) is 11.4 Å². The van der Waals surface area contributed by atoms with Crippen LogP contribution in [0.25, 0.3) is 0 Å². The fourth-order valence-electron chi connectivity index (χ4n) is 7.91. The summed E-state index contributed by atoms with van der Waals surface area (Å²) >= 11 is 0. The summed E-state index contributed by atoms with van der Waals surface area (Å²) in [7, 11) is 1.67. The van der Waals surface area contributed by atoms with Gasteiger partial charge in [0, 0.05) is 20.0 Å². The monoisotopic (exact) mass is 818 g/mol. The third-order valence-electron chi connectivity index (χ3n) is 11.7. The second-order valence-corrected chi connectivity index (χ2v) is 17.0. The molecule has 1 rings (SSSR count). The van der Waals surface area contributed by atoms with Crippen molar-refractivity contribution in [2.75, 3.05) is 57.1 Å². The minimum absolute atomic E-state index is 0.0394. The van der Waals surface area contributed by atoms with Crippen LogP contribution in [0.2, 0.25) is 0 Å². The van der Waals surface area contributed by atoms with Crippen LogP contribution in [0.15, 0.2) is 9.59 Å². The number of ether oxygens (including phenoxy) is 2. The lowest BCUT2D eigenvalue weighted by atomic mass is 9.94. The van der Waals surface area contributed by atoms with E-state index in [0.717, 1.165) is 129 Å². The first-order valence-electron chi connectivity index (χ1n) is 24.7. The van der Waals surface area contributed by atoms with Crippen LogP contribution in [0.3, 0.4) is 0 Å². The van der Waals surface area contributed by atoms with Crippen molar-refractivity contribution in [3.63, 3.8) is 0 Å². The van der Waals surface area contributed by atoms with Gasteiger partial charge in [-0.25, -0.2) is 0 Å². The zero-order valence-electron chi connectivity index (χ0n) is 38.3. The molecule has 0 fully saturated rings. The van der Waals surface area contributed by atoms with E-state index in [1.807, 2.05) is 0 Å². The first-order chi connectivity index (χ1) is 28.4. The zero-order valence-corrected chi connectivity index (χ0v) is 38.3. The molecule has 1 aromatic carbocycles. The van der Waals surface area contributed by atoms with E-state index in [-0.39, 0.29) is 17.9 Å². The van der Waals surface area contributed by atoms with Crippen molar-refractivity contribution in [1.29, 1.82) is 0 Å². The molecule has 0 aliphatic heterocycles. The van der Waals surface area contributed by atoms with Gasteiger partial charge in [-0.15, -0.1) is 0 Å². The summed E-state index contributed by atoms with van der Waals surface area (Å²) in [5.41, 5.74) is -0.0554. The number of anilines is 2. The molecule has 2 N–H and O–H groups in total. The predicted molar refractivity (Wildman–Crippen MR) is 246 cm³/mol. The highest BCUT2D eigenvalue weighted by Crippen LogP contribution is 2.21. The van der Waals surface area contributed by atoms with E-state index in [4.69, 9.17) is 9.47 Å². The standard InChI is InChI=1S/C49H91N3O6/c1-5-8-11-14-16-24-31-41-57-44(53)36-28-21-17-22-29-38-52(40-33-37-51-46-45(50-4)47(54)48(46)55)39-30-23-18-25-32-42-58-49(56)43(34-26-19-13-10-7-3)35-27-20-15-12-9-6-2/h43,50-51H,5-42H2,1-4H3. The van der Waals surface area contributed by atoms with Crippen molar-refractivity contribution >= 4 is 23.3 Å². The van der Waals surface area contributed by atoms with Crippen LogP contribution in [0.4, 0.5) is 11.4 Å². The van der Waals surface area contributed by atoms with Gasteiger partial charge in [0.25, 0.3) is 10.9 Å². The quantitative estimate of drug-likeness (QED) is 0.0377. The molecular weight excluding hydrogens is 727 g/mol. The highest BCUT2D eigenvalue weighted by Gasteiger charge is 2.20. The van der Waals surface area contributed by atoms with E-state index in [1.54, 1.807) is 7.05 Å². The molecule has 9 nitrogen and oxygen atoms in total. The van der Waals surface area contributed by atoms with E-state index in [0.29, 0.717) is 37.6 Å². The largest absolute Gasteiger partial charge is 0.466 e. The van der Waals surface area contributed by atoms with Crippen LogP contribution in [0, 0.1) is 5.92 Å². The third-order valence-corrected chi connectivity index (χ3v) is 11.7. The van der Waals surface area contributed by atoms with Gasteiger partial charge < -0.3 is 25.0 Å². The summed E-state index contributed by atoms with van der Waals surface area (Å²) in [6.07, 6.45) is 36.4. The Balaban J connectivity index is 2.35. The van der Waals surface area contributed by atoms with Crippen LogP contribution in [0.5, 0.6) is 0 Å². The smallest absolute Gasteiger partial charge is 0.308 e. The van der Waals surface area contributed by atoms with Gasteiger partial charge in [-0.1, -0.05) is 168 Å². The Labute approximate surface area is 356 Å². The second-order valence-electron chi connectivity index (χ2n) is 17.0. The number of esters is 2. The summed E-state index contributed by atoms with van der Waals surface area (Å²) < 4.78 is 11.3. The number of rotatable bonds is 44. The summed E-state index contributed by atoms with van der Waals surface area (Å²) in [5, 5.41) is 6.01. The maximum Gasteiger partial charge on any atom is 0.308 e. The van der Waals surface area contributed by atoms with Crippen molar-refractivity contribution in [3.05, 3.63) is 20.4 Å². The molecule has 0 heterocycles. The number of nitrogens with one attached hydrogen (secondary N) is 2. The molecule has 1 aromatic rings. The molecule has 1 atom stereocenters. The van der Waals surface area contributed by atoms with Gasteiger partial charge in [-0.05, 0) is 71.0 Å². The van der Waals surface area contributed by atoms with Crippen molar-refractivity contribution in [2.45, 2.75) is 226 Å². The summed E-state index contributed by atoms with van der Waals surface area (Å²) in [6, 6.07) is 0. The molecule has 0 aliphatic carbocycles. The van der Waals surface area contributed by atoms with Crippen molar-refractivity contribution < 1.29 is 19.1 Å². The van der Waals surface area contributed by atoms with Crippen LogP contribution in [-0.4, -0.2) is 63.3 Å². The molecule has 1 unspecified atom stereocenters. The first kappa shape index (κ1) is 53.6. The number of hydrogen-bond acceptors (Lipinski definition) is 9. The van der Waals surface area contributed by atoms with E-state index < -0.39 is 10.9 Å². The number of carbonyl (C=O) groups excluding carboxylic acids is 2. The zero-order chi connectivity index (χ0) is 42.3. The molecule has 0 aliphatic rings. The van der Waals surface area contributed by atoms with Crippen molar-refractivity contribution in [3.8, 4) is 0 Å². The maximum atomic E-state index is 13.0. The lowest BCUT2D eigenvalue weighted by Gasteiger charge is -2.23. The van der Waals surface area contributed by atoms with Crippen LogP contribution in [0.1, 0.15) is 226 Å². The van der Waals surface area contributed by atoms with Gasteiger partial charge in [0.05, 0.1) is 19.1 Å². The molecular formula is C49H91N3O6. The summed E-state index contributed by atoms with van der Waals surface area (Å²) in [5.74, 6) is 0.0618. The van der Waals surface area contributed by atoms with Crippen LogP contribution >= 0.6 is 0 Å². The summed E-state index contributed by atoms with van der Waals surface area (Å²) in [6.45, 7) is 11.5. The molecule has 0 bridgehead atoms. The minimum atomic E-state index is -0.439. The van der Waals surface area contributed by atoms with Crippen molar-refractivity contribution in [2.24, 2.45) is 5.92 Å². The Morgan fingerprint density at radius 2 is 0.914 bits per heavy atom. The van der Waals surface area contributed by atoms with Crippen molar-refractivity contribution in [1.82, 2.24) is 4.90 Å². The molecule has 0 saturated carbocycles. The second kappa shape index (κ2) is 38.8. The van der Waals surface area contributed by atoms with E-state index in [1.165, 1.54) is 89.9 Å². The number of hydrogen-bond donors (Lipinski definition) is 2. The number of carbonyl (C=O) groups is 2. The van der Waals surface area contributed by atoms with Gasteiger partial charge in [-0.2, -0.15) is 0 Å². The molecule has 58 heavy (non-hydrogen) atoms. The van der Waals surface area contributed by atoms with Gasteiger partial charge in [0.15, 0.2) is 0 Å². The average Bonchev–Trinajstić information content (AvgIpc) is 3.22. The molecule has 338 valence electrons. The fraction of sp³-hybridized carbons (Fsp3) is 0.878. The Kier molecular flexibility index (Phi) is 35.8. The molecule has 9 heteroatoms. The highest BCUT2D eigenvalue weighted by molar-refractivity contribution is 5.73. The van der Waals surface area contributed by atoms with E-state index in [2.05, 4.69) is 36.3 Å². The molecule has 0 radical (unpaired) electrons. The topological polar surface area (TPSA) is 114 Å². The predicted octanol–water partition coefficient (Wildman–Crippen LogP) is 12.3. The molecule has 0 spiro atoms. The van der Waals surface area contributed by atoms with Crippen LogP contribution < -0.4 is 21.5 Å². The first-order valence-corrected chi connectivity index (χ1v) is 24.7. The highest BCUT2D eigenvalue weighted by atomic mass is 16.5. The lowest BCUT2D eigenvalue weighted by molar-refractivity contribution is -0.149. The minimum Gasteiger partial charge on any atom is -0.466 e. The number of unbranched alkanes of at least 4 members (excludes halogenated alkanes) is 23. The maximum absolute atomic E-state index is 13.0. The number of nitrogens with zero attached hydrogens (tertiary/aromatic N) is 1. The van der Waals surface area contributed by atoms with E-state index in [9.17, 15) is 19.2 Å². The SMILES string of the molecule is CCCCCCCCCOC(=O)CCCCCCCN(CCCCCCCOC(=O)C(CCCCCCC)CCCCCCCC)CCCNc1c(NC)c(=O)c1=O. The Bertz CT molecular complexity index is 1180. The normalized spacial score (nSPS) is 12.0. The Morgan fingerprint density at radius 1 is 0.500 bits per heavy atom. The summed E-state index contributed by atoms with van der Waals surface area (Å²) in [4.78, 5) is 51.4. The molecule has 0 amide bonds. The fourth-order valence-corrected chi connectivity index (χ4v) is 7.91. The Hall–Kier alpha value is -2.42.